The molecule has 0 radical (unpaired) electrons. The van der Waals surface area contributed by atoms with E-state index < -0.39 is 47.2 Å². The molecule has 0 aliphatic heterocycles. The molecule has 2 aromatic carbocycles. The van der Waals surface area contributed by atoms with Crippen molar-refractivity contribution in [3.8, 4) is 0 Å². The first-order valence-corrected chi connectivity index (χ1v) is 6.35. The third-order valence-electron chi connectivity index (χ3n) is 2.76. The minimum absolute atomic E-state index is 0.267. The fraction of sp³-hybridized carbons (Fsp3) is 0.0667. The molecule has 0 aliphatic rings. The van der Waals surface area contributed by atoms with Crippen LogP contribution in [0.1, 0.15) is 6.42 Å². The van der Waals surface area contributed by atoms with Gasteiger partial charge in [-0.1, -0.05) is 0 Å². The Balaban J connectivity index is 1.95. The lowest BCUT2D eigenvalue weighted by molar-refractivity contribution is -0.123. The van der Waals surface area contributed by atoms with Gasteiger partial charge in [-0.15, -0.1) is 0 Å². The van der Waals surface area contributed by atoms with Gasteiger partial charge in [-0.25, -0.2) is 17.6 Å². The summed E-state index contributed by atoms with van der Waals surface area (Å²) in [4.78, 5) is 23.2. The number of anilines is 2. The zero-order chi connectivity index (χ0) is 17.0. The molecule has 0 heterocycles. The second kappa shape index (κ2) is 6.91. The summed E-state index contributed by atoms with van der Waals surface area (Å²) in [5.74, 6) is -6.83. The molecule has 120 valence electrons. The van der Waals surface area contributed by atoms with Crippen molar-refractivity contribution in [3.05, 3.63) is 59.7 Å². The van der Waals surface area contributed by atoms with Crippen molar-refractivity contribution in [2.24, 2.45) is 0 Å². The van der Waals surface area contributed by atoms with E-state index in [9.17, 15) is 27.2 Å². The van der Waals surface area contributed by atoms with Gasteiger partial charge in [0.25, 0.3) is 0 Å². The van der Waals surface area contributed by atoms with E-state index in [0.29, 0.717) is 6.07 Å². The fourth-order valence-corrected chi connectivity index (χ4v) is 1.70. The molecule has 0 saturated heterocycles. The molecule has 0 unspecified atom stereocenters. The highest BCUT2D eigenvalue weighted by molar-refractivity contribution is 6.08. The molecule has 0 saturated carbocycles. The van der Waals surface area contributed by atoms with Crippen LogP contribution >= 0.6 is 0 Å². The Morgan fingerprint density at radius 2 is 1.39 bits per heavy atom. The SMILES string of the molecule is O=C(CC(=O)Nc1ccc(F)c(F)c1F)Nc1ccc(F)cc1. The lowest BCUT2D eigenvalue weighted by Crippen LogP contribution is -2.22. The highest BCUT2D eigenvalue weighted by Gasteiger charge is 2.16. The largest absolute Gasteiger partial charge is 0.326 e. The number of benzene rings is 2. The minimum atomic E-state index is -1.72. The number of hydrogen-bond donors (Lipinski definition) is 2. The van der Waals surface area contributed by atoms with E-state index in [2.05, 4.69) is 5.32 Å². The maximum Gasteiger partial charge on any atom is 0.233 e. The molecule has 0 aromatic heterocycles. The van der Waals surface area contributed by atoms with E-state index in [1.165, 1.54) is 12.1 Å². The molecular weight excluding hydrogens is 316 g/mol. The summed E-state index contributed by atoms with van der Waals surface area (Å²) >= 11 is 0. The Labute approximate surface area is 128 Å². The van der Waals surface area contributed by atoms with Crippen molar-refractivity contribution in [2.75, 3.05) is 10.6 Å². The number of rotatable bonds is 4. The van der Waals surface area contributed by atoms with Crippen LogP contribution in [0.3, 0.4) is 0 Å². The van der Waals surface area contributed by atoms with Crippen molar-refractivity contribution in [1.29, 1.82) is 0 Å². The van der Waals surface area contributed by atoms with Crippen molar-refractivity contribution in [1.82, 2.24) is 0 Å². The quantitative estimate of drug-likeness (QED) is 0.515. The van der Waals surface area contributed by atoms with Crippen LogP contribution in [0.4, 0.5) is 28.9 Å². The molecule has 2 N–H and O–H groups in total. The molecule has 2 amide bonds. The highest BCUT2D eigenvalue weighted by Crippen LogP contribution is 2.19. The van der Waals surface area contributed by atoms with Crippen molar-refractivity contribution in [3.63, 3.8) is 0 Å². The molecule has 2 aromatic rings. The van der Waals surface area contributed by atoms with Crippen molar-refractivity contribution < 1.29 is 27.2 Å². The lowest BCUT2D eigenvalue weighted by Gasteiger charge is -2.08. The van der Waals surface area contributed by atoms with E-state index in [4.69, 9.17) is 0 Å². The van der Waals surface area contributed by atoms with E-state index in [1.807, 2.05) is 5.32 Å². The Hall–Kier alpha value is -2.90. The smallest absolute Gasteiger partial charge is 0.233 e. The van der Waals surface area contributed by atoms with Crippen LogP contribution in [-0.2, 0) is 9.59 Å². The fourth-order valence-electron chi connectivity index (χ4n) is 1.70. The molecule has 8 heteroatoms. The van der Waals surface area contributed by atoms with Crippen molar-refractivity contribution >= 4 is 23.2 Å². The van der Waals surface area contributed by atoms with Gasteiger partial charge in [-0.05, 0) is 36.4 Å². The lowest BCUT2D eigenvalue weighted by atomic mass is 10.2. The summed E-state index contributed by atoms with van der Waals surface area (Å²) < 4.78 is 51.9. The number of amides is 2. The average molecular weight is 326 g/mol. The first kappa shape index (κ1) is 16.5. The number of hydrogen-bond acceptors (Lipinski definition) is 2. The maximum atomic E-state index is 13.4. The monoisotopic (exact) mass is 326 g/mol. The predicted molar refractivity (Wildman–Crippen MR) is 74.6 cm³/mol. The van der Waals surface area contributed by atoms with Crippen LogP contribution in [0.5, 0.6) is 0 Å². The summed E-state index contributed by atoms with van der Waals surface area (Å²) in [7, 11) is 0. The Morgan fingerprint density at radius 1 is 0.783 bits per heavy atom. The average Bonchev–Trinajstić information content (AvgIpc) is 2.50. The Kier molecular flexibility index (Phi) is 4.95. The van der Waals surface area contributed by atoms with Gasteiger partial charge >= 0.3 is 0 Å². The third kappa shape index (κ3) is 4.29. The molecule has 2 rings (SSSR count). The van der Waals surface area contributed by atoms with Gasteiger partial charge in [0.15, 0.2) is 17.5 Å². The first-order chi connectivity index (χ1) is 10.9. The molecule has 0 aliphatic carbocycles. The third-order valence-corrected chi connectivity index (χ3v) is 2.76. The van der Waals surface area contributed by atoms with Crippen molar-refractivity contribution in [2.45, 2.75) is 6.42 Å². The standard InChI is InChI=1S/C15H10F4N2O2/c16-8-1-3-9(4-2-8)20-12(22)7-13(23)21-11-6-5-10(17)14(18)15(11)19/h1-6H,7H2,(H,20,22)(H,21,23). The molecule has 23 heavy (non-hydrogen) atoms. The molecule has 0 spiro atoms. The van der Waals surface area contributed by atoms with Gasteiger partial charge in [0.2, 0.25) is 11.8 Å². The van der Waals surface area contributed by atoms with Gasteiger partial charge in [0.1, 0.15) is 12.2 Å². The van der Waals surface area contributed by atoms with E-state index in [-0.39, 0.29) is 5.69 Å². The molecule has 0 bridgehead atoms. The normalized spacial score (nSPS) is 10.3. The van der Waals surface area contributed by atoms with Gasteiger partial charge in [0.05, 0.1) is 5.69 Å². The van der Waals surface area contributed by atoms with Gasteiger partial charge in [0, 0.05) is 5.69 Å². The zero-order valence-electron chi connectivity index (χ0n) is 11.5. The second-order valence-corrected chi connectivity index (χ2v) is 4.50. The number of halogens is 4. The van der Waals surface area contributed by atoms with Gasteiger partial charge in [-0.3, -0.25) is 9.59 Å². The van der Waals surface area contributed by atoms with Crippen LogP contribution in [0.2, 0.25) is 0 Å². The maximum absolute atomic E-state index is 13.4. The summed E-state index contributed by atoms with van der Waals surface area (Å²) in [6.45, 7) is 0. The topological polar surface area (TPSA) is 58.2 Å². The summed E-state index contributed by atoms with van der Waals surface area (Å²) in [6.07, 6.45) is -0.685. The minimum Gasteiger partial charge on any atom is -0.326 e. The highest BCUT2D eigenvalue weighted by atomic mass is 19.2. The van der Waals surface area contributed by atoms with E-state index >= 15 is 0 Å². The van der Waals surface area contributed by atoms with Crippen LogP contribution < -0.4 is 10.6 Å². The predicted octanol–water partition coefficient (Wildman–Crippen LogP) is 3.21. The summed E-state index contributed by atoms with van der Waals surface area (Å²) in [5, 5.41) is 4.29. The van der Waals surface area contributed by atoms with Crippen LogP contribution in [0.25, 0.3) is 0 Å². The number of nitrogens with one attached hydrogen (secondary N) is 2. The Morgan fingerprint density at radius 3 is 2.04 bits per heavy atom. The van der Waals surface area contributed by atoms with E-state index in [1.54, 1.807) is 0 Å². The van der Waals surface area contributed by atoms with Crippen LogP contribution in [0.15, 0.2) is 36.4 Å². The number of carbonyl (C=O) groups is 2. The molecule has 0 atom stereocenters. The Bertz CT molecular complexity index is 748. The molecule has 0 fully saturated rings. The van der Waals surface area contributed by atoms with Crippen LogP contribution in [-0.4, -0.2) is 11.8 Å². The zero-order valence-corrected chi connectivity index (χ0v) is 11.5. The first-order valence-electron chi connectivity index (χ1n) is 6.35. The number of carbonyl (C=O) groups excluding carboxylic acids is 2. The van der Waals surface area contributed by atoms with E-state index in [0.717, 1.165) is 18.2 Å². The van der Waals surface area contributed by atoms with Gasteiger partial charge < -0.3 is 10.6 Å². The second-order valence-electron chi connectivity index (χ2n) is 4.50. The molecule has 4 nitrogen and oxygen atoms in total. The summed E-state index contributed by atoms with van der Waals surface area (Å²) in [6, 6.07) is 6.30. The van der Waals surface area contributed by atoms with Gasteiger partial charge in [-0.2, -0.15) is 0 Å². The molecular formula is C15H10F4N2O2. The van der Waals surface area contributed by atoms with Crippen LogP contribution in [0, 0.1) is 23.3 Å². The summed E-state index contributed by atoms with van der Waals surface area (Å²) in [5.41, 5.74) is -0.313.